The van der Waals surface area contributed by atoms with Gasteiger partial charge in [0.05, 0.1) is 17.2 Å². The van der Waals surface area contributed by atoms with Crippen LogP contribution in [0.5, 0.6) is 5.75 Å². The number of aromatic hydroxyl groups is 1. The molecule has 1 aliphatic rings. The van der Waals surface area contributed by atoms with Crippen molar-refractivity contribution in [2.24, 2.45) is 5.92 Å². The van der Waals surface area contributed by atoms with E-state index in [1.165, 1.54) is 12.1 Å². The minimum atomic E-state index is -0.289. The molecule has 0 spiro atoms. The number of hydrogen-bond acceptors (Lipinski definition) is 4. The molecule has 1 atom stereocenters. The molecule has 6 heteroatoms. The predicted molar refractivity (Wildman–Crippen MR) is 75.2 cm³/mol. The fourth-order valence-electron chi connectivity index (χ4n) is 2.48. The van der Waals surface area contributed by atoms with Gasteiger partial charge in [0.2, 0.25) is 5.91 Å². The van der Waals surface area contributed by atoms with E-state index in [4.69, 9.17) is 5.73 Å². The molecule has 2 rings (SSSR count). The standard InChI is InChI=1S/C14H19N3O3/c1-16-13(19)9-4-3-7-17(8-9)14(20)10-5-2-6-11(15)12(10)18/h2,5-6,9,18H,3-4,7-8,15H2,1H3,(H,16,19). The number of nitrogens with two attached hydrogens (primary N) is 1. The monoisotopic (exact) mass is 277 g/mol. The highest BCUT2D eigenvalue weighted by Gasteiger charge is 2.29. The second kappa shape index (κ2) is 5.81. The Hall–Kier alpha value is -2.24. The zero-order valence-corrected chi connectivity index (χ0v) is 11.4. The van der Waals surface area contributed by atoms with Gasteiger partial charge in [0, 0.05) is 20.1 Å². The van der Waals surface area contributed by atoms with E-state index in [9.17, 15) is 14.7 Å². The summed E-state index contributed by atoms with van der Waals surface area (Å²) in [6, 6.07) is 4.70. The number of anilines is 1. The number of nitrogens with one attached hydrogen (secondary N) is 1. The Balaban J connectivity index is 2.16. The first kappa shape index (κ1) is 14.2. The molecule has 0 saturated carbocycles. The maximum absolute atomic E-state index is 12.4. The molecule has 1 aromatic rings. The minimum absolute atomic E-state index is 0.0562. The van der Waals surface area contributed by atoms with Crippen LogP contribution in [0.2, 0.25) is 0 Å². The number of nitrogens with zero attached hydrogens (tertiary/aromatic N) is 1. The number of nitrogen functional groups attached to an aromatic ring is 1. The van der Waals surface area contributed by atoms with E-state index >= 15 is 0 Å². The number of para-hydroxylation sites is 1. The van der Waals surface area contributed by atoms with Crippen molar-refractivity contribution in [2.45, 2.75) is 12.8 Å². The lowest BCUT2D eigenvalue weighted by Gasteiger charge is -2.32. The minimum Gasteiger partial charge on any atom is -0.505 e. The van der Waals surface area contributed by atoms with Crippen molar-refractivity contribution in [2.75, 3.05) is 25.9 Å². The number of hydrogen-bond donors (Lipinski definition) is 3. The topological polar surface area (TPSA) is 95.7 Å². The molecule has 1 aromatic carbocycles. The lowest BCUT2D eigenvalue weighted by Crippen LogP contribution is -2.44. The van der Waals surface area contributed by atoms with Gasteiger partial charge in [-0.3, -0.25) is 9.59 Å². The second-order valence-corrected chi connectivity index (χ2v) is 4.95. The van der Waals surface area contributed by atoms with Gasteiger partial charge in [0.25, 0.3) is 5.91 Å². The summed E-state index contributed by atoms with van der Waals surface area (Å²) in [7, 11) is 1.59. The average Bonchev–Trinajstić information content (AvgIpc) is 2.48. The zero-order valence-electron chi connectivity index (χ0n) is 11.4. The normalized spacial score (nSPS) is 18.6. The molecule has 1 unspecified atom stereocenters. The van der Waals surface area contributed by atoms with E-state index in [1.807, 2.05) is 0 Å². The molecule has 0 aliphatic carbocycles. The number of likely N-dealkylation sites (tertiary alicyclic amines) is 1. The third kappa shape index (κ3) is 2.68. The molecule has 108 valence electrons. The van der Waals surface area contributed by atoms with Gasteiger partial charge in [-0.15, -0.1) is 0 Å². The van der Waals surface area contributed by atoms with Crippen LogP contribution in [0.4, 0.5) is 5.69 Å². The number of phenolic OH excluding ortho intramolecular Hbond substituents is 1. The number of carbonyl (C=O) groups excluding carboxylic acids is 2. The Morgan fingerprint density at radius 2 is 2.20 bits per heavy atom. The lowest BCUT2D eigenvalue weighted by atomic mass is 9.96. The first-order valence-corrected chi connectivity index (χ1v) is 6.63. The molecule has 1 heterocycles. The van der Waals surface area contributed by atoms with E-state index in [0.717, 1.165) is 12.8 Å². The quantitative estimate of drug-likeness (QED) is 0.544. The van der Waals surface area contributed by atoms with Crippen molar-refractivity contribution in [1.29, 1.82) is 0 Å². The van der Waals surface area contributed by atoms with Gasteiger partial charge in [-0.25, -0.2) is 0 Å². The van der Waals surface area contributed by atoms with Crippen LogP contribution in [-0.2, 0) is 4.79 Å². The molecule has 1 aliphatic heterocycles. The predicted octanol–water partition coefficient (Wildman–Crippen LogP) is 0.573. The summed E-state index contributed by atoms with van der Waals surface area (Å²) in [6.45, 7) is 0.952. The SMILES string of the molecule is CNC(=O)C1CCCN(C(=O)c2cccc(N)c2O)C1. The van der Waals surface area contributed by atoms with E-state index in [1.54, 1.807) is 18.0 Å². The van der Waals surface area contributed by atoms with Crippen LogP contribution >= 0.6 is 0 Å². The lowest BCUT2D eigenvalue weighted by molar-refractivity contribution is -0.125. The Morgan fingerprint density at radius 3 is 2.90 bits per heavy atom. The number of phenols is 1. The van der Waals surface area contributed by atoms with Crippen LogP contribution in [0.15, 0.2) is 18.2 Å². The van der Waals surface area contributed by atoms with Gasteiger partial charge in [0.15, 0.2) is 5.75 Å². The van der Waals surface area contributed by atoms with Crippen LogP contribution in [-0.4, -0.2) is 42.0 Å². The number of rotatable bonds is 2. The largest absolute Gasteiger partial charge is 0.505 e. The van der Waals surface area contributed by atoms with Gasteiger partial charge < -0.3 is 21.1 Å². The van der Waals surface area contributed by atoms with Crippen LogP contribution in [0.3, 0.4) is 0 Å². The summed E-state index contributed by atoms with van der Waals surface area (Å²) in [5, 5.41) is 12.5. The van der Waals surface area contributed by atoms with Crippen molar-refractivity contribution >= 4 is 17.5 Å². The molecule has 6 nitrogen and oxygen atoms in total. The Morgan fingerprint density at radius 1 is 1.45 bits per heavy atom. The van der Waals surface area contributed by atoms with Crippen LogP contribution in [0.25, 0.3) is 0 Å². The maximum Gasteiger partial charge on any atom is 0.257 e. The summed E-state index contributed by atoms with van der Waals surface area (Å²) >= 11 is 0. The zero-order chi connectivity index (χ0) is 14.7. The summed E-state index contributed by atoms with van der Waals surface area (Å²) in [5.41, 5.74) is 5.96. The van der Waals surface area contributed by atoms with Crippen molar-refractivity contribution < 1.29 is 14.7 Å². The van der Waals surface area contributed by atoms with Gasteiger partial charge in [-0.1, -0.05) is 6.07 Å². The van der Waals surface area contributed by atoms with Gasteiger partial charge >= 0.3 is 0 Å². The van der Waals surface area contributed by atoms with E-state index in [0.29, 0.717) is 13.1 Å². The first-order valence-electron chi connectivity index (χ1n) is 6.63. The van der Waals surface area contributed by atoms with Crippen LogP contribution in [0.1, 0.15) is 23.2 Å². The van der Waals surface area contributed by atoms with Gasteiger partial charge in [-0.2, -0.15) is 0 Å². The molecule has 1 fully saturated rings. The molecule has 20 heavy (non-hydrogen) atoms. The molecule has 0 radical (unpaired) electrons. The number of benzene rings is 1. The number of carbonyl (C=O) groups is 2. The molecule has 4 N–H and O–H groups in total. The Kier molecular flexibility index (Phi) is 4.12. The summed E-state index contributed by atoms with van der Waals surface area (Å²) < 4.78 is 0. The molecular formula is C14H19N3O3. The highest BCUT2D eigenvalue weighted by atomic mass is 16.3. The molecule has 2 amide bonds. The fourth-order valence-corrected chi connectivity index (χ4v) is 2.48. The van der Waals surface area contributed by atoms with E-state index < -0.39 is 0 Å². The fraction of sp³-hybridized carbons (Fsp3) is 0.429. The Bertz CT molecular complexity index is 530. The van der Waals surface area contributed by atoms with E-state index in [-0.39, 0.29) is 34.7 Å². The third-order valence-electron chi connectivity index (χ3n) is 3.62. The second-order valence-electron chi connectivity index (χ2n) is 4.95. The third-order valence-corrected chi connectivity index (χ3v) is 3.62. The number of amides is 2. The molecule has 0 aromatic heterocycles. The molecule has 0 bridgehead atoms. The molecule has 1 saturated heterocycles. The van der Waals surface area contributed by atoms with E-state index in [2.05, 4.69) is 5.32 Å². The van der Waals surface area contributed by atoms with Crippen molar-refractivity contribution in [3.63, 3.8) is 0 Å². The maximum atomic E-state index is 12.4. The summed E-state index contributed by atoms with van der Waals surface area (Å²) in [5.74, 6) is -0.733. The van der Waals surface area contributed by atoms with Gasteiger partial charge in [0.1, 0.15) is 0 Å². The molecular weight excluding hydrogens is 258 g/mol. The smallest absolute Gasteiger partial charge is 0.257 e. The average molecular weight is 277 g/mol. The summed E-state index contributed by atoms with van der Waals surface area (Å²) in [4.78, 5) is 25.7. The Labute approximate surface area is 117 Å². The van der Waals surface area contributed by atoms with Crippen LogP contribution < -0.4 is 11.1 Å². The number of piperidine rings is 1. The van der Waals surface area contributed by atoms with Crippen molar-refractivity contribution in [1.82, 2.24) is 10.2 Å². The highest BCUT2D eigenvalue weighted by Crippen LogP contribution is 2.27. The van der Waals surface area contributed by atoms with Crippen LogP contribution in [0, 0.1) is 5.92 Å². The van der Waals surface area contributed by atoms with Crippen molar-refractivity contribution in [3.8, 4) is 5.75 Å². The highest BCUT2D eigenvalue weighted by molar-refractivity contribution is 5.98. The first-order chi connectivity index (χ1) is 9.54. The van der Waals surface area contributed by atoms with Gasteiger partial charge in [-0.05, 0) is 25.0 Å². The summed E-state index contributed by atoms with van der Waals surface area (Å²) in [6.07, 6.45) is 1.54. The van der Waals surface area contributed by atoms with Crippen molar-refractivity contribution in [3.05, 3.63) is 23.8 Å².